The van der Waals surface area contributed by atoms with Crippen molar-refractivity contribution in [1.29, 1.82) is 0 Å². The maximum atomic E-state index is 13.6. The molecule has 0 N–H and O–H groups in total. The first-order chi connectivity index (χ1) is 16.2. The third-order valence-electron chi connectivity index (χ3n) is 5.21. The zero-order valence-electron chi connectivity index (χ0n) is 19.3. The average Bonchev–Trinajstić information content (AvgIpc) is 3.27. The van der Waals surface area contributed by atoms with E-state index in [0.29, 0.717) is 17.2 Å². The van der Waals surface area contributed by atoms with Crippen molar-refractivity contribution >= 4 is 22.4 Å². The first-order valence-corrected chi connectivity index (χ1v) is 11.7. The number of carbonyl (C=O) groups excluding carboxylic acids is 1. The maximum Gasteiger partial charge on any atom is 0.419 e. The topological polar surface area (TPSA) is 55.3 Å². The number of nitrogens with zero attached hydrogens (tertiary/aromatic N) is 3. The predicted molar refractivity (Wildman–Crippen MR) is 129 cm³/mol. The summed E-state index contributed by atoms with van der Waals surface area (Å²) in [7, 11) is 0. The van der Waals surface area contributed by atoms with Crippen molar-refractivity contribution in [2.24, 2.45) is 0 Å². The Balaban J connectivity index is 1.99. The van der Waals surface area contributed by atoms with Gasteiger partial charge in [0.25, 0.3) is 5.91 Å². The third-order valence-corrected chi connectivity index (χ3v) is 6.20. The number of halogens is 3. The van der Waals surface area contributed by atoms with E-state index in [1.807, 2.05) is 39.0 Å². The number of alkyl halides is 3. The van der Waals surface area contributed by atoms with Crippen molar-refractivity contribution in [2.45, 2.75) is 39.8 Å². The molecule has 0 aliphatic heterocycles. The number of hydrogen-bond donors (Lipinski definition) is 0. The van der Waals surface area contributed by atoms with Crippen molar-refractivity contribution in [2.75, 3.05) is 18.1 Å². The van der Waals surface area contributed by atoms with Gasteiger partial charge in [0.2, 0.25) is 5.13 Å². The van der Waals surface area contributed by atoms with Crippen molar-refractivity contribution in [3.05, 3.63) is 71.3 Å². The number of rotatable bonds is 9. The van der Waals surface area contributed by atoms with Crippen LogP contribution in [0.3, 0.4) is 0 Å². The Hall–Kier alpha value is -3.20. The average molecular weight is 490 g/mol. The molecular formula is C25H26F3N3O2S. The molecule has 0 bridgehead atoms. The van der Waals surface area contributed by atoms with E-state index in [1.165, 1.54) is 18.2 Å². The zero-order chi connectivity index (χ0) is 24.9. The second-order valence-corrected chi connectivity index (χ2v) is 8.73. The molecule has 1 heterocycles. The summed E-state index contributed by atoms with van der Waals surface area (Å²) < 4.78 is 46.0. The summed E-state index contributed by atoms with van der Waals surface area (Å²) in [5, 5.41) is 8.89. The molecule has 0 saturated carbocycles. The molecule has 1 amide bonds. The predicted octanol–water partition coefficient (Wildman–Crippen LogP) is 6.85. The number of unbranched alkanes of at least 4 members (excludes halogenated alkanes) is 1. The number of aryl methyl sites for hydroxylation is 2. The lowest BCUT2D eigenvalue weighted by Gasteiger charge is -2.21. The first kappa shape index (κ1) is 25.4. The maximum absolute atomic E-state index is 13.6. The number of hydrogen-bond acceptors (Lipinski definition) is 5. The lowest BCUT2D eigenvalue weighted by atomic mass is 10.0. The molecule has 180 valence electrons. The summed E-state index contributed by atoms with van der Waals surface area (Å²) in [6.07, 6.45) is -1.61. The molecule has 0 fully saturated rings. The van der Waals surface area contributed by atoms with E-state index in [2.05, 4.69) is 16.8 Å². The van der Waals surface area contributed by atoms with Gasteiger partial charge in [0.05, 0.1) is 5.56 Å². The molecule has 2 aromatic carbocycles. The van der Waals surface area contributed by atoms with Gasteiger partial charge in [-0.1, -0.05) is 55.5 Å². The fourth-order valence-electron chi connectivity index (χ4n) is 3.49. The van der Waals surface area contributed by atoms with E-state index in [1.54, 1.807) is 4.90 Å². The van der Waals surface area contributed by atoms with Gasteiger partial charge in [-0.3, -0.25) is 9.69 Å². The van der Waals surface area contributed by atoms with Gasteiger partial charge in [0, 0.05) is 17.7 Å². The zero-order valence-corrected chi connectivity index (χ0v) is 20.1. The van der Waals surface area contributed by atoms with Gasteiger partial charge in [-0.25, -0.2) is 0 Å². The summed E-state index contributed by atoms with van der Waals surface area (Å²) >= 11 is 1.08. The molecule has 0 atom stereocenters. The number of amides is 1. The number of anilines is 1. The minimum absolute atomic E-state index is 0.0435. The summed E-state index contributed by atoms with van der Waals surface area (Å²) in [6, 6.07) is 9.39. The van der Waals surface area contributed by atoms with Crippen LogP contribution in [0.5, 0.6) is 5.75 Å². The Morgan fingerprint density at radius 3 is 2.50 bits per heavy atom. The molecule has 1 aromatic heterocycles. The molecule has 3 rings (SSSR count). The minimum atomic E-state index is -4.61. The number of aromatic nitrogens is 2. The Labute approximate surface area is 200 Å². The lowest BCUT2D eigenvalue weighted by Crippen LogP contribution is -2.33. The van der Waals surface area contributed by atoms with Crippen LogP contribution < -0.4 is 9.64 Å². The molecule has 34 heavy (non-hydrogen) atoms. The van der Waals surface area contributed by atoms with Crippen LogP contribution in [0.25, 0.3) is 10.6 Å². The molecule has 0 spiro atoms. The van der Waals surface area contributed by atoms with Crippen molar-refractivity contribution in [3.8, 4) is 16.3 Å². The highest BCUT2D eigenvalue weighted by Gasteiger charge is 2.35. The highest BCUT2D eigenvalue weighted by molar-refractivity contribution is 7.18. The van der Waals surface area contributed by atoms with Gasteiger partial charge < -0.3 is 4.74 Å². The molecule has 0 unspecified atom stereocenters. The van der Waals surface area contributed by atoms with Crippen LogP contribution in [0.2, 0.25) is 0 Å². The van der Waals surface area contributed by atoms with Crippen LogP contribution in [0.4, 0.5) is 18.3 Å². The van der Waals surface area contributed by atoms with Gasteiger partial charge in [0.15, 0.2) is 0 Å². The van der Waals surface area contributed by atoms with Crippen LogP contribution in [-0.4, -0.2) is 29.3 Å². The van der Waals surface area contributed by atoms with E-state index in [-0.39, 0.29) is 28.8 Å². The SMILES string of the molecule is C=CCOc1ccc(-c2nnc(N(CCCC)C(=O)c3c(C)cccc3C)s2)cc1C(F)(F)F. The number of ether oxygens (including phenoxy) is 1. The molecule has 5 nitrogen and oxygen atoms in total. The van der Waals surface area contributed by atoms with E-state index in [4.69, 9.17) is 4.74 Å². The Morgan fingerprint density at radius 1 is 1.18 bits per heavy atom. The van der Waals surface area contributed by atoms with Gasteiger partial charge in [-0.2, -0.15) is 13.2 Å². The van der Waals surface area contributed by atoms with Crippen molar-refractivity contribution in [1.82, 2.24) is 10.2 Å². The largest absolute Gasteiger partial charge is 0.489 e. The van der Waals surface area contributed by atoms with E-state index in [9.17, 15) is 18.0 Å². The highest BCUT2D eigenvalue weighted by Crippen LogP contribution is 2.40. The summed E-state index contributed by atoms with van der Waals surface area (Å²) in [4.78, 5) is 15.0. The highest BCUT2D eigenvalue weighted by atomic mass is 32.1. The van der Waals surface area contributed by atoms with Gasteiger partial charge in [-0.15, -0.1) is 10.2 Å². The molecule has 3 aromatic rings. The quantitative estimate of drug-likeness (QED) is 0.308. The molecule has 0 saturated heterocycles. The molecule has 9 heteroatoms. The van der Waals surface area contributed by atoms with Crippen LogP contribution in [0, 0.1) is 13.8 Å². The fourth-order valence-corrected chi connectivity index (χ4v) is 4.35. The normalized spacial score (nSPS) is 11.4. The Kier molecular flexibility index (Phi) is 8.09. The second kappa shape index (κ2) is 10.8. The van der Waals surface area contributed by atoms with E-state index in [0.717, 1.165) is 41.4 Å². The fraction of sp³-hybridized carbons (Fsp3) is 0.320. The molecule has 0 radical (unpaired) electrons. The second-order valence-electron chi connectivity index (χ2n) is 7.78. The summed E-state index contributed by atoms with van der Waals surface area (Å²) in [6.45, 7) is 9.61. The van der Waals surface area contributed by atoms with Gasteiger partial charge >= 0.3 is 6.18 Å². The Bertz CT molecular complexity index is 1150. The molecule has 0 aliphatic carbocycles. The Morgan fingerprint density at radius 2 is 1.88 bits per heavy atom. The van der Waals surface area contributed by atoms with Crippen LogP contribution in [0.15, 0.2) is 49.1 Å². The monoisotopic (exact) mass is 489 g/mol. The van der Waals surface area contributed by atoms with Gasteiger partial charge in [-0.05, 0) is 49.6 Å². The van der Waals surface area contributed by atoms with Crippen molar-refractivity contribution in [3.63, 3.8) is 0 Å². The number of benzene rings is 2. The van der Waals surface area contributed by atoms with E-state index < -0.39 is 11.7 Å². The molecular weight excluding hydrogens is 463 g/mol. The number of carbonyl (C=O) groups is 1. The van der Waals surface area contributed by atoms with Crippen LogP contribution >= 0.6 is 11.3 Å². The van der Waals surface area contributed by atoms with E-state index >= 15 is 0 Å². The summed E-state index contributed by atoms with van der Waals surface area (Å²) in [5.74, 6) is -0.480. The standard InChI is InChI=1S/C25H26F3N3O2S/c1-5-7-13-31(23(32)21-16(3)9-8-10-17(21)4)24-30-29-22(34-24)18-11-12-20(33-14-6-2)19(15-18)25(26,27)28/h6,8-12,15H,2,5,7,13-14H2,1,3-4H3. The van der Waals surface area contributed by atoms with Gasteiger partial charge in [0.1, 0.15) is 17.4 Å². The first-order valence-electron chi connectivity index (χ1n) is 10.8. The van der Waals surface area contributed by atoms with Crippen LogP contribution in [0.1, 0.15) is 46.8 Å². The minimum Gasteiger partial charge on any atom is -0.489 e. The lowest BCUT2D eigenvalue weighted by molar-refractivity contribution is -0.138. The van der Waals surface area contributed by atoms with Crippen molar-refractivity contribution < 1.29 is 22.7 Å². The van der Waals surface area contributed by atoms with Crippen LogP contribution in [-0.2, 0) is 6.18 Å². The third kappa shape index (κ3) is 5.64. The summed E-state index contributed by atoms with van der Waals surface area (Å²) in [5.41, 5.74) is 1.64. The smallest absolute Gasteiger partial charge is 0.419 e. The molecule has 0 aliphatic rings.